The van der Waals surface area contributed by atoms with E-state index in [4.69, 9.17) is 5.73 Å². The lowest BCUT2D eigenvalue weighted by atomic mass is 10.2. The number of rotatable bonds is 6. The molecular formula is C10H18N4O3. The number of aromatic nitrogens is 3. The summed E-state index contributed by atoms with van der Waals surface area (Å²) in [6, 6.07) is 0. The van der Waals surface area contributed by atoms with Crippen molar-refractivity contribution in [2.75, 3.05) is 13.7 Å². The number of aliphatic hydroxyl groups excluding tert-OH is 1. The summed E-state index contributed by atoms with van der Waals surface area (Å²) in [5.41, 5.74) is 6.34. The van der Waals surface area contributed by atoms with Gasteiger partial charge in [-0.2, -0.15) is 0 Å². The number of hydrogen-bond donors (Lipinski definition) is 2. The molecule has 0 aromatic carbocycles. The van der Waals surface area contributed by atoms with Crippen molar-refractivity contribution >= 4 is 5.97 Å². The molecule has 1 atom stereocenters. The molecule has 7 nitrogen and oxygen atoms in total. The van der Waals surface area contributed by atoms with E-state index in [0.717, 1.165) is 0 Å². The molecule has 0 aliphatic heterocycles. The van der Waals surface area contributed by atoms with Crippen molar-refractivity contribution in [2.45, 2.75) is 32.4 Å². The van der Waals surface area contributed by atoms with Gasteiger partial charge in [0.25, 0.3) is 0 Å². The Bertz CT molecular complexity index is 376. The summed E-state index contributed by atoms with van der Waals surface area (Å²) in [4.78, 5) is 11.4. The number of aryl methyl sites for hydroxylation is 1. The molecule has 3 N–H and O–H groups in total. The summed E-state index contributed by atoms with van der Waals surface area (Å²) >= 11 is 0. The highest BCUT2D eigenvalue weighted by Crippen LogP contribution is 2.09. The van der Waals surface area contributed by atoms with E-state index in [0.29, 0.717) is 31.6 Å². The van der Waals surface area contributed by atoms with Gasteiger partial charge in [-0.05, 0) is 19.9 Å². The number of nitrogens with two attached hydrogens (primary N) is 1. The SMILES string of the molecule is COC(=O)c1nnn(CCC(C)O)c1CCN. The lowest BCUT2D eigenvalue weighted by Crippen LogP contribution is -2.16. The van der Waals surface area contributed by atoms with Crippen molar-refractivity contribution in [3.8, 4) is 0 Å². The van der Waals surface area contributed by atoms with Gasteiger partial charge in [-0.15, -0.1) is 5.10 Å². The average molecular weight is 242 g/mol. The maximum atomic E-state index is 11.4. The van der Waals surface area contributed by atoms with E-state index < -0.39 is 12.1 Å². The van der Waals surface area contributed by atoms with Gasteiger partial charge in [0, 0.05) is 13.0 Å². The summed E-state index contributed by atoms with van der Waals surface area (Å²) in [5, 5.41) is 16.9. The predicted molar refractivity (Wildman–Crippen MR) is 60.4 cm³/mol. The summed E-state index contributed by atoms with van der Waals surface area (Å²) in [6.07, 6.45) is 0.616. The van der Waals surface area contributed by atoms with Gasteiger partial charge in [0.05, 0.1) is 18.9 Å². The predicted octanol–water partition coefficient (Wildman–Crippen LogP) is -0.663. The van der Waals surface area contributed by atoms with Crippen LogP contribution in [0.25, 0.3) is 0 Å². The van der Waals surface area contributed by atoms with Gasteiger partial charge in [0.2, 0.25) is 0 Å². The first-order chi connectivity index (χ1) is 8.10. The van der Waals surface area contributed by atoms with Crippen LogP contribution in [-0.4, -0.2) is 45.8 Å². The molecule has 0 amide bonds. The number of methoxy groups -OCH3 is 1. The average Bonchev–Trinajstić information content (AvgIpc) is 2.69. The summed E-state index contributed by atoms with van der Waals surface area (Å²) in [6.45, 7) is 2.59. The van der Waals surface area contributed by atoms with Gasteiger partial charge in [-0.3, -0.25) is 0 Å². The van der Waals surface area contributed by atoms with E-state index in [9.17, 15) is 9.90 Å². The van der Waals surface area contributed by atoms with E-state index in [1.54, 1.807) is 11.6 Å². The zero-order valence-electron chi connectivity index (χ0n) is 10.1. The highest BCUT2D eigenvalue weighted by molar-refractivity contribution is 5.88. The number of aliphatic hydroxyl groups is 1. The van der Waals surface area contributed by atoms with Gasteiger partial charge in [0.15, 0.2) is 5.69 Å². The molecule has 0 aliphatic rings. The maximum Gasteiger partial charge on any atom is 0.360 e. The summed E-state index contributed by atoms with van der Waals surface area (Å²) in [5.74, 6) is -0.517. The molecule has 1 aromatic heterocycles. The molecule has 0 bridgehead atoms. The molecule has 0 saturated heterocycles. The van der Waals surface area contributed by atoms with Gasteiger partial charge < -0.3 is 15.6 Å². The Hall–Kier alpha value is -1.47. The second-order valence-electron chi connectivity index (χ2n) is 3.78. The van der Waals surface area contributed by atoms with Crippen molar-refractivity contribution in [1.82, 2.24) is 15.0 Å². The van der Waals surface area contributed by atoms with Crippen LogP contribution in [0, 0.1) is 0 Å². The Morgan fingerprint density at radius 1 is 1.65 bits per heavy atom. The highest BCUT2D eigenvalue weighted by atomic mass is 16.5. The number of nitrogens with zero attached hydrogens (tertiary/aromatic N) is 3. The Morgan fingerprint density at radius 2 is 2.35 bits per heavy atom. The molecule has 7 heteroatoms. The Kier molecular flexibility index (Phi) is 5.05. The van der Waals surface area contributed by atoms with E-state index in [1.807, 2.05) is 0 Å². The van der Waals surface area contributed by atoms with Crippen molar-refractivity contribution < 1.29 is 14.6 Å². The van der Waals surface area contributed by atoms with Crippen LogP contribution < -0.4 is 5.73 Å². The normalized spacial score (nSPS) is 12.5. The number of ether oxygens (including phenoxy) is 1. The number of esters is 1. The lowest BCUT2D eigenvalue weighted by Gasteiger charge is -2.07. The molecular weight excluding hydrogens is 224 g/mol. The van der Waals surface area contributed by atoms with Crippen LogP contribution in [0.2, 0.25) is 0 Å². The lowest BCUT2D eigenvalue weighted by molar-refractivity contribution is 0.0592. The zero-order chi connectivity index (χ0) is 12.8. The van der Waals surface area contributed by atoms with Gasteiger partial charge >= 0.3 is 5.97 Å². The molecule has 1 unspecified atom stereocenters. The highest BCUT2D eigenvalue weighted by Gasteiger charge is 2.19. The van der Waals surface area contributed by atoms with Crippen molar-refractivity contribution in [3.63, 3.8) is 0 Å². The largest absolute Gasteiger partial charge is 0.464 e. The van der Waals surface area contributed by atoms with Crippen LogP contribution in [0.1, 0.15) is 29.5 Å². The van der Waals surface area contributed by atoms with Crippen LogP contribution in [0.5, 0.6) is 0 Å². The molecule has 0 aliphatic carbocycles. The van der Waals surface area contributed by atoms with Crippen molar-refractivity contribution in [1.29, 1.82) is 0 Å². The first-order valence-corrected chi connectivity index (χ1v) is 5.49. The number of carbonyl (C=O) groups is 1. The Labute approximate surface area is 99.6 Å². The summed E-state index contributed by atoms with van der Waals surface area (Å²) < 4.78 is 6.21. The third kappa shape index (κ3) is 3.50. The van der Waals surface area contributed by atoms with Crippen LogP contribution in [0.3, 0.4) is 0 Å². The molecule has 0 fully saturated rings. The minimum Gasteiger partial charge on any atom is -0.464 e. The minimum atomic E-state index is -0.517. The standard InChI is InChI=1S/C10H18N4O3/c1-7(15)4-6-14-8(3-5-11)9(12-13-14)10(16)17-2/h7,15H,3-6,11H2,1-2H3. The van der Waals surface area contributed by atoms with Crippen LogP contribution in [0.4, 0.5) is 0 Å². The van der Waals surface area contributed by atoms with E-state index in [-0.39, 0.29) is 5.69 Å². The first kappa shape index (κ1) is 13.6. The van der Waals surface area contributed by atoms with Gasteiger partial charge in [-0.1, -0.05) is 5.21 Å². The number of carbonyl (C=O) groups excluding carboxylic acids is 1. The fraction of sp³-hybridized carbons (Fsp3) is 0.700. The second kappa shape index (κ2) is 6.31. The van der Waals surface area contributed by atoms with Gasteiger partial charge in [0.1, 0.15) is 0 Å². The Morgan fingerprint density at radius 3 is 2.88 bits per heavy atom. The maximum absolute atomic E-state index is 11.4. The molecule has 1 heterocycles. The molecule has 1 aromatic rings. The zero-order valence-corrected chi connectivity index (χ0v) is 10.1. The smallest absolute Gasteiger partial charge is 0.360 e. The van der Waals surface area contributed by atoms with Crippen LogP contribution in [-0.2, 0) is 17.7 Å². The minimum absolute atomic E-state index is 0.198. The van der Waals surface area contributed by atoms with Gasteiger partial charge in [-0.25, -0.2) is 9.48 Å². The number of hydrogen-bond acceptors (Lipinski definition) is 6. The quantitative estimate of drug-likeness (QED) is 0.642. The van der Waals surface area contributed by atoms with Crippen molar-refractivity contribution in [2.24, 2.45) is 5.73 Å². The molecule has 17 heavy (non-hydrogen) atoms. The van der Waals surface area contributed by atoms with Crippen LogP contribution >= 0.6 is 0 Å². The molecule has 1 rings (SSSR count). The van der Waals surface area contributed by atoms with E-state index in [2.05, 4.69) is 15.0 Å². The second-order valence-corrected chi connectivity index (χ2v) is 3.78. The van der Waals surface area contributed by atoms with E-state index >= 15 is 0 Å². The third-order valence-electron chi connectivity index (χ3n) is 2.36. The molecule has 0 saturated carbocycles. The monoisotopic (exact) mass is 242 g/mol. The fourth-order valence-corrected chi connectivity index (χ4v) is 1.46. The topological polar surface area (TPSA) is 103 Å². The van der Waals surface area contributed by atoms with E-state index in [1.165, 1.54) is 7.11 Å². The first-order valence-electron chi connectivity index (χ1n) is 5.49. The van der Waals surface area contributed by atoms with Crippen LogP contribution in [0.15, 0.2) is 0 Å². The summed E-state index contributed by atoms with van der Waals surface area (Å²) in [7, 11) is 1.30. The third-order valence-corrected chi connectivity index (χ3v) is 2.36. The molecule has 0 radical (unpaired) electrons. The molecule has 0 spiro atoms. The van der Waals surface area contributed by atoms with Crippen molar-refractivity contribution in [3.05, 3.63) is 11.4 Å². The molecule has 96 valence electrons. The fourth-order valence-electron chi connectivity index (χ4n) is 1.46. The Balaban J connectivity index is 2.89.